The first-order valence-corrected chi connectivity index (χ1v) is 6.04. The normalized spacial score (nSPS) is 10.4. The molecule has 0 spiro atoms. The first kappa shape index (κ1) is 13.2. The molecule has 2 rings (SSSR count). The van der Waals surface area contributed by atoms with Gasteiger partial charge in [0.05, 0.1) is 0 Å². The van der Waals surface area contributed by atoms with Crippen molar-refractivity contribution in [3.8, 4) is 11.4 Å². The Balaban J connectivity index is 1.93. The van der Waals surface area contributed by atoms with Gasteiger partial charge in [0.1, 0.15) is 0 Å². The second-order valence-corrected chi connectivity index (χ2v) is 4.00. The standard InChI is InChI=1S/C12H15N5O2/c18-8-2-1-7-13-12(19)10-5-3-9(4-6-10)11-14-16-17-15-11/h3-6,18H,1-2,7-8H2,(H,13,19)(H,14,15,16,17). The number of amides is 1. The molecule has 100 valence electrons. The molecule has 0 saturated heterocycles. The monoisotopic (exact) mass is 261 g/mol. The summed E-state index contributed by atoms with van der Waals surface area (Å²) in [6.07, 6.45) is 1.46. The van der Waals surface area contributed by atoms with Crippen LogP contribution >= 0.6 is 0 Å². The number of unbranched alkanes of at least 4 members (excludes halogenated alkanes) is 1. The third kappa shape index (κ3) is 3.59. The van der Waals surface area contributed by atoms with E-state index in [0.29, 0.717) is 24.4 Å². The van der Waals surface area contributed by atoms with Crippen molar-refractivity contribution in [2.75, 3.05) is 13.2 Å². The first-order chi connectivity index (χ1) is 9.31. The molecule has 7 heteroatoms. The zero-order valence-corrected chi connectivity index (χ0v) is 10.3. The zero-order valence-electron chi connectivity index (χ0n) is 10.3. The molecule has 0 bridgehead atoms. The second kappa shape index (κ2) is 6.60. The Bertz CT molecular complexity index is 509. The summed E-state index contributed by atoms with van der Waals surface area (Å²) in [5.41, 5.74) is 1.38. The lowest BCUT2D eigenvalue weighted by Crippen LogP contribution is -2.24. The van der Waals surface area contributed by atoms with Gasteiger partial charge < -0.3 is 10.4 Å². The second-order valence-electron chi connectivity index (χ2n) is 4.00. The fourth-order valence-electron chi connectivity index (χ4n) is 1.60. The number of rotatable bonds is 6. The maximum absolute atomic E-state index is 11.8. The van der Waals surface area contributed by atoms with Gasteiger partial charge in [0, 0.05) is 24.3 Å². The van der Waals surface area contributed by atoms with Crippen LogP contribution in [0.5, 0.6) is 0 Å². The average molecular weight is 261 g/mol. The van der Waals surface area contributed by atoms with Crippen LogP contribution in [-0.4, -0.2) is 44.8 Å². The Morgan fingerprint density at radius 1 is 1.26 bits per heavy atom. The van der Waals surface area contributed by atoms with Crippen LogP contribution in [0.4, 0.5) is 0 Å². The number of nitrogens with zero attached hydrogens (tertiary/aromatic N) is 3. The fourth-order valence-corrected chi connectivity index (χ4v) is 1.60. The van der Waals surface area contributed by atoms with Crippen LogP contribution in [0.3, 0.4) is 0 Å². The van der Waals surface area contributed by atoms with Gasteiger partial charge in [0.25, 0.3) is 5.91 Å². The van der Waals surface area contributed by atoms with Gasteiger partial charge in [-0.1, -0.05) is 12.1 Å². The summed E-state index contributed by atoms with van der Waals surface area (Å²) in [5, 5.41) is 25.0. The topological polar surface area (TPSA) is 104 Å². The first-order valence-electron chi connectivity index (χ1n) is 6.04. The van der Waals surface area contributed by atoms with Crippen molar-refractivity contribution in [1.82, 2.24) is 25.9 Å². The van der Waals surface area contributed by atoms with E-state index in [1.54, 1.807) is 24.3 Å². The molecule has 0 atom stereocenters. The van der Waals surface area contributed by atoms with Crippen molar-refractivity contribution >= 4 is 5.91 Å². The number of nitrogens with one attached hydrogen (secondary N) is 2. The van der Waals surface area contributed by atoms with Crippen molar-refractivity contribution in [3.63, 3.8) is 0 Å². The Morgan fingerprint density at radius 3 is 2.68 bits per heavy atom. The molecular formula is C12H15N5O2. The van der Waals surface area contributed by atoms with Gasteiger partial charge >= 0.3 is 0 Å². The predicted octanol–water partition coefficient (Wildman–Crippen LogP) is 0.369. The highest BCUT2D eigenvalue weighted by molar-refractivity contribution is 5.94. The van der Waals surface area contributed by atoms with Crippen molar-refractivity contribution in [1.29, 1.82) is 0 Å². The summed E-state index contributed by atoms with van der Waals surface area (Å²) < 4.78 is 0. The molecular weight excluding hydrogens is 246 g/mol. The maximum atomic E-state index is 11.8. The van der Waals surface area contributed by atoms with Gasteiger partial charge in [-0.3, -0.25) is 4.79 Å². The highest BCUT2D eigenvalue weighted by Gasteiger charge is 2.07. The van der Waals surface area contributed by atoms with Gasteiger partial charge in [-0.15, -0.1) is 10.2 Å². The van der Waals surface area contributed by atoms with Crippen molar-refractivity contribution < 1.29 is 9.90 Å². The number of hydrogen-bond donors (Lipinski definition) is 3. The molecule has 1 aromatic carbocycles. The zero-order chi connectivity index (χ0) is 13.5. The van der Waals surface area contributed by atoms with Crippen LogP contribution in [0.15, 0.2) is 24.3 Å². The van der Waals surface area contributed by atoms with Gasteiger partial charge in [-0.25, -0.2) is 0 Å². The summed E-state index contributed by atoms with van der Waals surface area (Å²) in [6, 6.07) is 6.97. The van der Waals surface area contributed by atoms with Crippen LogP contribution in [0.25, 0.3) is 11.4 Å². The Hall–Kier alpha value is -2.28. The van der Waals surface area contributed by atoms with E-state index in [2.05, 4.69) is 25.9 Å². The summed E-state index contributed by atoms with van der Waals surface area (Å²) in [4.78, 5) is 11.8. The van der Waals surface area contributed by atoms with Gasteiger partial charge in [-0.2, -0.15) is 5.21 Å². The van der Waals surface area contributed by atoms with Gasteiger partial charge in [-0.05, 0) is 30.2 Å². The molecule has 0 aliphatic heterocycles. The fraction of sp³-hybridized carbons (Fsp3) is 0.333. The number of aromatic nitrogens is 4. The molecule has 1 amide bonds. The van der Waals surface area contributed by atoms with Crippen LogP contribution in [0.2, 0.25) is 0 Å². The minimum Gasteiger partial charge on any atom is -0.396 e. The minimum absolute atomic E-state index is 0.127. The molecule has 1 aromatic heterocycles. The third-order valence-electron chi connectivity index (χ3n) is 2.62. The molecule has 0 fully saturated rings. The molecule has 0 radical (unpaired) electrons. The number of H-pyrrole nitrogens is 1. The van der Waals surface area contributed by atoms with Crippen LogP contribution in [0.1, 0.15) is 23.2 Å². The Kier molecular flexibility index (Phi) is 4.57. The van der Waals surface area contributed by atoms with E-state index >= 15 is 0 Å². The third-order valence-corrected chi connectivity index (χ3v) is 2.62. The highest BCUT2D eigenvalue weighted by atomic mass is 16.2. The number of carbonyl (C=O) groups is 1. The van der Waals surface area contributed by atoms with E-state index in [4.69, 9.17) is 5.11 Å². The summed E-state index contributed by atoms with van der Waals surface area (Å²) in [7, 11) is 0. The minimum atomic E-state index is -0.127. The van der Waals surface area contributed by atoms with E-state index in [-0.39, 0.29) is 12.5 Å². The summed E-state index contributed by atoms with van der Waals surface area (Å²) in [5.74, 6) is 0.368. The van der Waals surface area contributed by atoms with E-state index in [1.165, 1.54) is 0 Å². The quantitative estimate of drug-likeness (QED) is 0.652. The number of tetrazole rings is 1. The Morgan fingerprint density at radius 2 is 2.05 bits per heavy atom. The number of carbonyl (C=O) groups excluding carboxylic acids is 1. The smallest absolute Gasteiger partial charge is 0.251 e. The predicted molar refractivity (Wildman–Crippen MR) is 68.3 cm³/mol. The number of aromatic amines is 1. The number of aliphatic hydroxyl groups is 1. The van der Waals surface area contributed by atoms with Crippen LogP contribution in [-0.2, 0) is 0 Å². The average Bonchev–Trinajstić information content (AvgIpc) is 2.98. The van der Waals surface area contributed by atoms with Crippen molar-refractivity contribution in [3.05, 3.63) is 29.8 Å². The largest absolute Gasteiger partial charge is 0.396 e. The lowest BCUT2D eigenvalue weighted by Gasteiger charge is -2.04. The molecule has 0 saturated carbocycles. The number of benzene rings is 1. The molecule has 1 heterocycles. The molecule has 19 heavy (non-hydrogen) atoms. The summed E-state index contributed by atoms with van der Waals surface area (Å²) in [6.45, 7) is 0.710. The Labute approximate surface area is 110 Å². The van der Waals surface area contributed by atoms with Gasteiger partial charge in [0.2, 0.25) is 5.82 Å². The maximum Gasteiger partial charge on any atom is 0.251 e. The SMILES string of the molecule is O=C(NCCCCO)c1ccc(-c2nn[nH]n2)cc1. The molecule has 3 N–H and O–H groups in total. The van der Waals surface area contributed by atoms with E-state index in [0.717, 1.165) is 12.0 Å². The number of aliphatic hydroxyl groups excluding tert-OH is 1. The molecule has 0 aliphatic rings. The van der Waals surface area contributed by atoms with Crippen molar-refractivity contribution in [2.45, 2.75) is 12.8 Å². The van der Waals surface area contributed by atoms with Gasteiger partial charge in [0.15, 0.2) is 0 Å². The van der Waals surface area contributed by atoms with Crippen molar-refractivity contribution in [2.24, 2.45) is 0 Å². The summed E-state index contributed by atoms with van der Waals surface area (Å²) >= 11 is 0. The van der Waals surface area contributed by atoms with Crippen LogP contribution < -0.4 is 5.32 Å². The highest BCUT2D eigenvalue weighted by Crippen LogP contribution is 2.13. The molecule has 0 unspecified atom stereocenters. The van der Waals surface area contributed by atoms with Crippen LogP contribution in [0, 0.1) is 0 Å². The molecule has 2 aromatic rings. The lowest BCUT2D eigenvalue weighted by molar-refractivity contribution is 0.0952. The lowest BCUT2D eigenvalue weighted by atomic mass is 10.1. The molecule has 7 nitrogen and oxygen atoms in total. The van der Waals surface area contributed by atoms with E-state index in [9.17, 15) is 4.79 Å². The van der Waals surface area contributed by atoms with E-state index < -0.39 is 0 Å². The molecule has 0 aliphatic carbocycles. The van der Waals surface area contributed by atoms with E-state index in [1.807, 2.05) is 0 Å². The number of hydrogen-bond acceptors (Lipinski definition) is 5.